The number of aryl methyl sites for hydroxylation is 1. The van der Waals surface area contributed by atoms with E-state index in [1.54, 1.807) is 0 Å². The number of nitrogens with zero attached hydrogens (tertiary/aromatic N) is 2. The lowest BCUT2D eigenvalue weighted by Gasteiger charge is -2.14. The Bertz CT molecular complexity index is 591. The van der Waals surface area contributed by atoms with Crippen LogP contribution in [0.2, 0.25) is 0 Å². The first kappa shape index (κ1) is 15.5. The molecule has 1 heterocycles. The second kappa shape index (κ2) is 6.72. The Hall–Kier alpha value is -1.88. The summed E-state index contributed by atoms with van der Waals surface area (Å²) in [6, 6.07) is 6.17. The van der Waals surface area contributed by atoms with Crippen molar-refractivity contribution in [3.8, 4) is 5.75 Å². The molecule has 114 valence electrons. The molecule has 1 aromatic carbocycles. The van der Waals surface area contributed by atoms with Crippen LogP contribution in [-0.4, -0.2) is 16.2 Å². The van der Waals surface area contributed by atoms with E-state index in [-0.39, 0.29) is 18.6 Å². The lowest BCUT2D eigenvalue weighted by molar-refractivity contribution is 0.239. The molecule has 0 bridgehead atoms. The van der Waals surface area contributed by atoms with E-state index in [4.69, 9.17) is 15.0 Å². The molecule has 0 saturated heterocycles. The molecule has 1 aromatic heterocycles. The van der Waals surface area contributed by atoms with Crippen molar-refractivity contribution < 1.29 is 9.26 Å². The van der Waals surface area contributed by atoms with Crippen molar-refractivity contribution in [2.45, 2.75) is 52.7 Å². The summed E-state index contributed by atoms with van der Waals surface area (Å²) >= 11 is 0. The number of rotatable bonds is 6. The number of benzene rings is 1. The highest BCUT2D eigenvalue weighted by molar-refractivity contribution is 5.41. The molecule has 0 radical (unpaired) electrons. The second-order valence-electron chi connectivity index (χ2n) is 5.73. The van der Waals surface area contributed by atoms with E-state index >= 15 is 0 Å². The molecule has 0 saturated carbocycles. The number of ether oxygens (including phenoxy) is 1. The third-order valence-corrected chi connectivity index (χ3v) is 3.18. The van der Waals surface area contributed by atoms with Gasteiger partial charge in [0.05, 0.1) is 0 Å². The van der Waals surface area contributed by atoms with E-state index in [1.165, 1.54) is 0 Å². The molecule has 21 heavy (non-hydrogen) atoms. The zero-order chi connectivity index (χ0) is 15.4. The van der Waals surface area contributed by atoms with Gasteiger partial charge >= 0.3 is 0 Å². The van der Waals surface area contributed by atoms with Gasteiger partial charge in [-0.15, -0.1) is 0 Å². The van der Waals surface area contributed by atoms with Crippen LogP contribution in [0.25, 0.3) is 0 Å². The van der Waals surface area contributed by atoms with E-state index < -0.39 is 0 Å². The Kier molecular flexibility index (Phi) is 4.96. The van der Waals surface area contributed by atoms with Crippen molar-refractivity contribution in [2.75, 3.05) is 0 Å². The van der Waals surface area contributed by atoms with E-state index in [0.717, 1.165) is 23.3 Å². The van der Waals surface area contributed by atoms with Gasteiger partial charge in [-0.3, -0.25) is 0 Å². The molecule has 0 aliphatic rings. The van der Waals surface area contributed by atoms with Crippen LogP contribution in [0.5, 0.6) is 5.75 Å². The monoisotopic (exact) mass is 289 g/mol. The fraction of sp³-hybridized carbons (Fsp3) is 0.500. The maximum Gasteiger partial charge on any atom is 0.264 e. The quantitative estimate of drug-likeness (QED) is 0.885. The molecule has 0 fully saturated rings. The average Bonchev–Trinajstić information content (AvgIpc) is 2.86. The van der Waals surface area contributed by atoms with Gasteiger partial charge in [0.1, 0.15) is 5.75 Å². The molecule has 1 atom stereocenters. The van der Waals surface area contributed by atoms with Gasteiger partial charge in [0.2, 0.25) is 0 Å². The molecular weight excluding hydrogens is 266 g/mol. The van der Waals surface area contributed by atoms with Crippen molar-refractivity contribution >= 4 is 0 Å². The summed E-state index contributed by atoms with van der Waals surface area (Å²) < 4.78 is 11.1. The minimum Gasteiger partial charge on any atom is -0.483 e. The first-order valence-electron chi connectivity index (χ1n) is 7.26. The normalized spacial score (nSPS) is 12.7. The van der Waals surface area contributed by atoms with Crippen molar-refractivity contribution in [1.82, 2.24) is 10.1 Å². The summed E-state index contributed by atoms with van der Waals surface area (Å²) in [5.74, 6) is 2.30. The fourth-order valence-corrected chi connectivity index (χ4v) is 2.12. The predicted molar refractivity (Wildman–Crippen MR) is 81.3 cm³/mol. The molecule has 2 aromatic rings. The molecule has 0 amide bonds. The molecule has 0 aliphatic carbocycles. The molecule has 5 nitrogen and oxygen atoms in total. The van der Waals surface area contributed by atoms with E-state index in [2.05, 4.69) is 10.1 Å². The lowest BCUT2D eigenvalue weighted by Crippen LogP contribution is -2.18. The summed E-state index contributed by atoms with van der Waals surface area (Å²) in [6.07, 6.45) is 0.776. The average molecular weight is 289 g/mol. The molecule has 1 unspecified atom stereocenters. The fourth-order valence-electron chi connectivity index (χ4n) is 2.12. The van der Waals surface area contributed by atoms with Crippen LogP contribution in [0.15, 0.2) is 22.7 Å². The van der Waals surface area contributed by atoms with Crippen LogP contribution >= 0.6 is 0 Å². The van der Waals surface area contributed by atoms with Crippen molar-refractivity contribution in [1.29, 1.82) is 0 Å². The summed E-state index contributed by atoms with van der Waals surface area (Å²) in [4.78, 5) is 4.32. The largest absolute Gasteiger partial charge is 0.483 e. The number of hydrogen-bond donors (Lipinski definition) is 1. The summed E-state index contributed by atoms with van der Waals surface area (Å²) in [6.45, 7) is 8.33. The van der Waals surface area contributed by atoms with Crippen LogP contribution in [0.3, 0.4) is 0 Å². The van der Waals surface area contributed by atoms with Crippen LogP contribution in [-0.2, 0) is 13.0 Å². The van der Waals surface area contributed by atoms with Gasteiger partial charge in [0, 0.05) is 12.0 Å². The molecule has 2 N–H and O–H groups in total. The minimum absolute atomic E-state index is 0.0881. The Morgan fingerprint density at radius 3 is 2.67 bits per heavy atom. The molecule has 5 heteroatoms. The van der Waals surface area contributed by atoms with E-state index in [1.807, 2.05) is 45.9 Å². The number of hydrogen-bond acceptors (Lipinski definition) is 5. The van der Waals surface area contributed by atoms with Gasteiger partial charge in [0.25, 0.3) is 5.89 Å². The minimum atomic E-state index is 0.0881. The summed E-state index contributed by atoms with van der Waals surface area (Å²) in [5.41, 5.74) is 8.08. The third-order valence-electron chi connectivity index (χ3n) is 3.18. The van der Waals surface area contributed by atoms with Crippen molar-refractivity contribution in [2.24, 2.45) is 5.73 Å². The first-order chi connectivity index (χ1) is 9.97. The van der Waals surface area contributed by atoms with E-state index in [9.17, 15) is 0 Å². The Morgan fingerprint density at radius 2 is 2.05 bits per heavy atom. The number of nitrogens with two attached hydrogens (primary N) is 1. The zero-order valence-electron chi connectivity index (χ0n) is 13.1. The Morgan fingerprint density at radius 1 is 1.29 bits per heavy atom. The van der Waals surface area contributed by atoms with Crippen LogP contribution in [0.1, 0.15) is 49.5 Å². The highest BCUT2D eigenvalue weighted by Crippen LogP contribution is 2.25. The Labute approximate surface area is 125 Å². The van der Waals surface area contributed by atoms with E-state index in [0.29, 0.717) is 11.7 Å². The molecular formula is C16H23N3O2. The van der Waals surface area contributed by atoms with Crippen LogP contribution in [0.4, 0.5) is 0 Å². The van der Waals surface area contributed by atoms with Gasteiger partial charge in [-0.1, -0.05) is 37.2 Å². The highest BCUT2D eigenvalue weighted by Gasteiger charge is 2.13. The van der Waals surface area contributed by atoms with Crippen molar-refractivity contribution in [3.05, 3.63) is 41.0 Å². The van der Waals surface area contributed by atoms with Crippen molar-refractivity contribution in [3.63, 3.8) is 0 Å². The van der Waals surface area contributed by atoms with Crippen LogP contribution < -0.4 is 10.5 Å². The predicted octanol–water partition coefficient (Wildman–Crippen LogP) is 2.97. The van der Waals surface area contributed by atoms with Gasteiger partial charge in [0.15, 0.2) is 12.4 Å². The molecule has 0 spiro atoms. The first-order valence-corrected chi connectivity index (χ1v) is 7.26. The zero-order valence-corrected chi connectivity index (χ0v) is 13.1. The maximum absolute atomic E-state index is 5.90. The standard InChI is InChI=1S/C16H23N3O2/c1-10(2)16-18-14(21-19-16)9-20-15-11(3)6-5-7-13(15)8-12(4)17/h5-7,10,12H,8-9,17H2,1-4H3. The maximum atomic E-state index is 5.90. The Balaban J connectivity index is 2.11. The second-order valence-corrected chi connectivity index (χ2v) is 5.73. The van der Waals surface area contributed by atoms with Crippen LogP contribution in [0, 0.1) is 6.92 Å². The molecule has 0 aliphatic heterocycles. The number of aromatic nitrogens is 2. The SMILES string of the molecule is Cc1cccc(CC(C)N)c1OCc1nc(C(C)C)no1. The highest BCUT2D eigenvalue weighted by atomic mass is 16.5. The summed E-state index contributed by atoms with van der Waals surface area (Å²) in [7, 11) is 0. The van der Waals surface area contributed by atoms with Gasteiger partial charge in [-0.2, -0.15) is 4.98 Å². The third kappa shape index (κ3) is 4.04. The van der Waals surface area contributed by atoms with Gasteiger partial charge < -0.3 is 15.0 Å². The summed E-state index contributed by atoms with van der Waals surface area (Å²) in [5, 5.41) is 3.94. The van der Waals surface area contributed by atoms with Gasteiger partial charge in [-0.05, 0) is 31.4 Å². The lowest BCUT2D eigenvalue weighted by atomic mass is 10.0. The van der Waals surface area contributed by atoms with Gasteiger partial charge in [-0.25, -0.2) is 0 Å². The molecule has 2 rings (SSSR count). The smallest absolute Gasteiger partial charge is 0.264 e. The number of para-hydroxylation sites is 1. The topological polar surface area (TPSA) is 74.2 Å².